The molecule has 0 aliphatic carbocycles. The number of ether oxygens (including phenoxy) is 2. The third kappa shape index (κ3) is 3.52. The molecule has 5 nitrogen and oxygen atoms in total. The maximum Gasteiger partial charge on any atom is 0.341 e. The van der Waals surface area contributed by atoms with Gasteiger partial charge in [0.25, 0.3) is 0 Å². The van der Waals surface area contributed by atoms with Gasteiger partial charge in [-0.25, -0.2) is 4.79 Å². The summed E-state index contributed by atoms with van der Waals surface area (Å²) in [4.78, 5) is 23.0. The Morgan fingerprint density at radius 1 is 1.10 bits per heavy atom. The molecule has 1 amide bonds. The van der Waals surface area contributed by atoms with Crippen LogP contribution in [-0.2, 0) is 4.74 Å². The first kappa shape index (κ1) is 14.9. The Hall–Kier alpha value is -2.53. The van der Waals surface area contributed by atoms with Crippen molar-refractivity contribution in [2.75, 3.05) is 7.11 Å². The zero-order valence-electron chi connectivity index (χ0n) is 11.1. The van der Waals surface area contributed by atoms with Gasteiger partial charge in [0.2, 0.25) is 5.91 Å². The van der Waals surface area contributed by atoms with Crippen LogP contribution in [0, 0.1) is 0 Å². The molecule has 2 aromatic rings. The lowest BCUT2D eigenvalue weighted by molar-refractivity contribution is 0.0598. The van der Waals surface area contributed by atoms with Crippen LogP contribution in [0.5, 0.6) is 11.5 Å². The maximum atomic E-state index is 11.8. The monoisotopic (exact) mass is 305 g/mol. The first-order chi connectivity index (χ1) is 10.0. The number of carbonyl (C=O) groups excluding carboxylic acids is 2. The summed E-state index contributed by atoms with van der Waals surface area (Å²) in [6.07, 6.45) is 0. The van der Waals surface area contributed by atoms with Crippen LogP contribution in [0.25, 0.3) is 0 Å². The fourth-order valence-corrected chi connectivity index (χ4v) is 1.80. The van der Waals surface area contributed by atoms with Crippen LogP contribution in [0.4, 0.5) is 0 Å². The normalized spacial score (nSPS) is 10.0. The lowest BCUT2D eigenvalue weighted by Gasteiger charge is -2.11. The molecule has 0 saturated carbocycles. The third-order valence-corrected chi connectivity index (χ3v) is 2.96. The van der Waals surface area contributed by atoms with Crippen molar-refractivity contribution in [2.45, 2.75) is 0 Å². The van der Waals surface area contributed by atoms with E-state index >= 15 is 0 Å². The predicted molar refractivity (Wildman–Crippen MR) is 77.8 cm³/mol. The molecule has 0 atom stereocenters. The van der Waals surface area contributed by atoms with E-state index in [1.807, 2.05) is 0 Å². The molecule has 0 unspecified atom stereocenters. The largest absolute Gasteiger partial charge is 0.465 e. The topological polar surface area (TPSA) is 78.6 Å². The summed E-state index contributed by atoms with van der Waals surface area (Å²) in [7, 11) is 1.24. The third-order valence-electron chi connectivity index (χ3n) is 2.71. The van der Waals surface area contributed by atoms with Crippen LogP contribution in [0.2, 0.25) is 5.02 Å². The van der Waals surface area contributed by atoms with E-state index in [0.29, 0.717) is 10.8 Å². The van der Waals surface area contributed by atoms with Gasteiger partial charge >= 0.3 is 5.97 Å². The van der Waals surface area contributed by atoms with E-state index in [4.69, 9.17) is 22.1 Å². The molecule has 108 valence electrons. The second-order valence-corrected chi connectivity index (χ2v) is 4.56. The van der Waals surface area contributed by atoms with E-state index in [2.05, 4.69) is 4.74 Å². The molecule has 0 aliphatic rings. The van der Waals surface area contributed by atoms with Crippen molar-refractivity contribution in [1.82, 2.24) is 0 Å². The second kappa shape index (κ2) is 6.28. The number of rotatable bonds is 4. The number of hydrogen-bond donors (Lipinski definition) is 1. The molecule has 2 rings (SSSR count). The Morgan fingerprint density at radius 2 is 1.76 bits per heavy atom. The minimum Gasteiger partial charge on any atom is -0.465 e. The number of amides is 1. The molecule has 0 fully saturated rings. The highest BCUT2D eigenvalue weighted by molar-refractivity contribution is 6.30. The van der Waals surface area contributed by atoms with Gasteiger partial charge in [0, 0.05) is 10.6 Å². The van der Waals surface area contributed by atoms with Gasteiger partial charge in [-0.05, 0) is 42.5 Å². The van der Waals surface area contributed by atoms with E-state index < -0.39 is 11.9 Å². The van der Waals surface area contributed by atoms with Crippen LogP contribution < -0.4 is 10.5 Å². The standard InChI is InChI=1S/C15H12ClNO4/c1-20-15(19)12-8-9(14(17)18)2-7-13(12)21-11-5-3-10(16)4-6-11/h2-8H,1H3,(H2,17,18). The molecule has 0 saturated heterocycles. The fraction of sp³-hybridized carbons (Fsp3) is 0.0667. The highest BCUT2D eigenvalue weighted by Gasteiger charge is 2.16. The van der Waals surface area contributed by atoms with E-state index in [9.17, 15) is 9.59 Å². The number of nitrogens with two attached hydrogens (primary N) is 1. The SMILES string of the molecule is COC(=O)c1cc(C(N)=O)ccc1Oc1ccc(Cl)cc1. The second-order valence-electron chi connectivity index (χ2n) is 4.12. The molecule has 0 aromatic heterocycles. The van der Waals surface area contributed by atoms with Crippen LogP contribution >= 0.6 is 11.6 Å². The quantitative estimate of drug-likeness (QED) is 0.881. The first-order valence-electron chi connectivity index (χ1n) is 5.97. The molecular formula is C15H12ClNO4. The average molecular weight is 306 g/mol. The Kier molecular flexibility index (Phi) is 4.45. The van der Waals surface area contributed by atoms with E-state index in [-0.39, 0.29) is 16.9 Å². The summed E-state index contributed by atoms with van der Waals surface area (Å²) >= 11 is 5.79. The van der Waals surface area contributed by atoms with Gasteiger partial charge in [-0.3, -0.25) is 4.79 Å². The summed E-state index contributed by atoms with van der Waals surface area (Å²) in [6.45, 7) is 0. The Balaban J connectivity index is 2.40. The number of hydrogen-bond acceptors (Lipinski definition) is 4. The van der Waals surface area contributed by atoms with Crippen molar-refractivity contribution in [3.8, 4) is 11.5 Å². The van der Waals surface area contributed by atoms with Crippen LogP contribution in [0.3, 0.4) is 0 Å². The van der Waals surface area contributed by atoms with Crippen LogP contribution in [0.15, 0.2) is 42.5 Å². The van der Waals surface area contributed by atoms with Gasteiger partial charge in [0.05, 0.1) is 7.11 Å². The van der Waals surface area contributed by atoms with Crippen LogP contribution in [-0.4, -0.2) is 19.0 Å². The summed E-state index contributed by atoms with van der Waals surface area (Å²) in [5.41, 5.74) is 5.50. The molecule has 0 radical (unpaired) electrons. The number of benzene rings is 2. The summed E-state index contributed by atoms with van der Waals surface area (Å²) in [5, 5.41) is 0.569. The first-order valence-corrected chi connectivity index (χ1v) is 6.34. The van der Waals surface area contributed by atoms with Gasteiger partial charge < -0.3 is 15.2 Å². The van der Waals surface area contributed by atoms with Gasteiger partial charge in [0.1, 0.15) is 17.1 Å². The average Bonchev–Trinajstić information content (AvgIpc) is 2.49. The summed E-state index contributed by atoms with van der Waals surface area (Å²) in [5.74, 6) is -0.509. The van der Waals surface area contributed by atoms with Gasteiger partial charge in [-0.15, -0.1) is 0 Å². The molecule has 0 spiro atoms. The number of halogens is 1. The van der Waals surface area contributed by atoms with Gasteiger partial charge in [0.15, 0.2) is 0 Å². The fourth-order valence-electron chi connectivity index (χ4n) is 1.67. The summed E-state index contributed by atoms with van der Waals surface area (Å²) in [6, 6.07) is 10.9. The Bertz CT molecular complexity index is 683. The molecule has 21 heavy (non-hydrogen) atoms. The minimum absolute atomic E-state index is 0.115. The van der Waals surface area contributed by atoms with Gasteiger partial charge in [-0.2, -0.15) is 0 Å². The molecular weight excluding hydrogens is 294 g/mol. The Labute approximate surface area is 126 Å². The van der Waals surface area contributed by atoms with Crippen molar-refractivity contribution in [3.63, 3.8) is 0 Å². The van der Waals surface area contributed by atoms with Crippen molar-refractivity contribution < 1.29 is 19.1 Å². The smallest absolute Gasteiger partial charge is 0.341 e. The number of methoxy groups -OCH3 is 1. The summed E-state index contributed by atoms with van der Waals surface area (Å²) < 4.78 is 10.3. The zero-order valence-corrected chi connectivity index (χ0v) is 11.9. The lowest BCUT2D eigenvalue weighted by atomic mass is 10.1. The highest BCUT2D eigenvalue weighted by atomic mass is 35.5. The van der Waals surface area contributed by atoms with Crippen LogP contribution in [0.1, 0.15) is 20.7 Å². The number of primary amides is 1. The van der Waals surface area contributed by atoms with Crippen molar-refractivity contribution in [2.24, 2.45) is 5.73 Å². The zero-order chi connectivity index (χ0) is 15.4. The van der Waals surface area contributed by atoms with E-state index in [0.717, 1.165) is 0 Å². The molecule has 6 heteroatoms. The molecule has 2 N–H and O–H groups in total. The molecule has 2 aromatic carbocycles. The number of esters is 1. The highest BCUT2D eigenvalue weighted by Crippen LogP contribution is 2.27. The minimum atomic E-state index is -0.641. The molecule has 0 bridgehead atoms. The van der Waals surface area contributed by atoms with Crippen molar-refractivity contribution in [1.29, 1.82) is 0 Å². The van der Waals surface area contributed by atoms with E-state index in [1.165, 1.54) is 25.3 Å². The van der Waals surface area contributed by atoms with Crippen molar-refractivity contribution >= 4 is 23.5 Å². The molecule has 0 aliphatic heterocycles. The maximum absolute atomic E-state index is 11.8. The Morgan fingerprint density at radius 3 is 2.33 bits per heavy atom. The molecule has 0 heterocycles. The predicted octanol–water partition coefficient (Wildman–Crippen LogP) is 3.02. The lowest BCUT2D eigenvalue weighted by Crippen LogP contribution is -2.13. The van der Waals surface area contributed by atoms with Crippen molar-refractivity contribution in [3.05, 3.63) is 58.6 Å². The number of carbonyl (C=O) groups is 2. The van der Waals surface area contributed by atoms with Gasteiger partial charge in [-0.1, -0.05) is 11.6 Å². The van der Waals surface area contributed by atoms with E-state index in [1.54, 1.807) is 24.3 Å².